The first-order valence-electron chi connectivity index (χ1n) is 6.50. The Balaban J connectivity index is 2.11. The number of nitrogen functional groups attached to an aromatic ring is 1. The van der Waals surface area contributed by atoms with E-state index in [2.05, 4.69) is 52.6 Å². The first kappa shape index (κ1) is 13.0. The Morgan fingerprint density at radius 1 is 1.35 bits per heavy atom. The van der Waals surface area contributed by atoms with Crippen LogP contribution in [0.5, 0.6) is 0 Å². The maximum atomic E-state index is 6.12. The molecule has 0 aliphatic carbocycles. The summed E-state index contributed by atoms with van der Waals surface area (Å²) in [5.41, 5.74) is 8.27. The van der Waals surface area contributed by atoms with Crippen molar-refractivity contribution in [2.75, 3.05) is 23.7 Å². The predicted octanol–water partition coefficient (Wildman–Crippen LogP) is 3.89. The third kappa shape index (κ3) is 3.27. The molecule has 1 aromatic carbocycles. The van der Waals surface area contributed by atoms with Crippen LogP contribution >= 0.6 is 22.6 Å². The van der Waals surface area contributed by atoms with Gasteiger partial charge in [-0.3, -0.25) is 0 Å². The molecule has 17 heavy (non-hydrogen) atoms. The molecule has 1 unspecified atom stereocenters. The van der Waals surface area contributed by atoms with E-state index in [0.29, 0.717) is 0 Å². The summed E-state index contributed by atoms with van der Waals surface area (Å²) in [5.74, 6) is 0.907. The molecule has 0 amide bonds. The van der Waals surface area contributed by atoms with E-state index in [9.17, 15) is 0 Å². The molecule has 0 spiro atoms. The third-order valence-corrected chi connectivity index (χ3v) is 4.43. The average Bonchev–Trinajstić information content (AvgIpc) is 2.54. The van der Waals surface area contributed by atoms with Crippen molar-refractivity contribution < 1.29 is 0 Å². The van der Waals surface area contributed by atoms with Crippen LogP contribution in [0.4, 0.5) is 11.4 Å². The van der Waals surface area contributed by atoms with Crippen LogP contribution in [-0.4, -0.2) is 13.1 Å². The van der Waals surface area contributed by atoms with Gasteiger partial charge in [0.05, 0.1) is 11.4 Å². The number of nitrogens with zero attached hydrogens (tertiary/aromatic N) is 1. The van der Waals surface area contributed by atoms with Crippen molar-refractivity contribution in [1.82, 2.24) is 0 Å². The van der Waals surface area contributed by atoms with Gasteiger partial charge >= 0.3 is 0 Å². The molecule has 1 aromatic rings. The molecule has 0 saturated carbocycles. The number of halogens is 1. The van der Waals surface area contributed by atoms with E-state index >= 15 is 0 Å². The van der Waals surface area contributed by atoms with Crippen molar-refractivity contribution in [2.24, 2.45) is 5.92 Å². The van der Waals surface area contributed by atoms with Crippen LogP contribution in [0.1, 0.15) is 32.6 Å². The summed E-state index contributed by atoms with van der Waals surface area (Å²) >= 11 is 2.31. The van der Waals surface area contributed by atoms with Crippen LogP contribution in [-0.2, 0) is 0 Å². The van der Waals surface area contributed by atoms with Crippen LogP contribution in [0.2, 0.25) is 0 Å². The minimum Gasteiger partial charge on any atom is -0.397 e. The molecule has 0 bridgehead atoms. The normalized spacial score (nSPS) is 21.3. The predicted molar refractivity (Wildman–Crippen MR) is 83.4 cm³/mol. The monoisotopic (exact) mass is 344 g/mol. The molecule has 94 valence electrons. The number of anilines is 2. The molecule has 1 atom stereocenters. The number of nitrogens with two attached hydrogens (primary N) is 1. The quantitative estimate of drug-likeness (QED) is 0.652. The fraction of sp³-hybridized carbons (Fsp3) is 0.571. The highest BCUT2D eigenvalue weighted by Crippen LogP contribution is 2.29. The first-order valence-corrected chi connectivity index (χ1v) is 7.58. The van der Waals surface area contributed by atoms with Crippen molar-refractivity contribution in [3.05, 3.63) is 21.8 Å². The van der Waals surface area contributed by atoms with Crippen LogP contribution < -0.4 is 10.6 Å². The fourth-order valence-electron chi connectivity index (χ4n) is 2.63. The summed E-state index contributed by atoms with van der Waals surface area (Å²) in [6, 6.07) is 6.38. The zero-order chi connectivity index (χ0) is 12.3. The van der Waals surface area contributed by atoms with Gasteiger partial charge in [-0.25, -0.2) is 0 Å². The van der Waals surface area contributed by atoms with Crippen LogP contribution in [0.3, 0.4) is 0 Å². The average molecular weight is 344 g/mol. The molecule has 1 fully saturated rings. The lowest BCUT2D eigenvalue weighted by Gasteiger charge is -2.24. The van der Waals surface area contributed by atoms with E-state index in [-0.39, 0.29) is 0 Å². The Bertz CT molecular complexity index is 378. The van der Waals surface area contributed by atoms with E-state index in [4.69, 9.17) is 5.73 Å². The molecule has 3 heteroatoms. The van der Waals surface area contributed by atoms with Crippen molar-refractivity contribution in [2.45, 2.75) is 32.6 Å². The molecule has 0 radical (unpaired) electrons. The van der Waals surface area contributed by atoms with Crippen molar-refractivity contribution in [3.8, 4) is 0 Å². The minimum absolute atomic E-state index is 0.907. The van der Waals surface area contributed by atoms with E-state index in [1.54, 1.807) is 0 Å². The standard InChI is InChI=1S/C14H21IN2/c1-2-11-4-3-8-17(9-7-11)14-6-5-12(15)10-13(14)16/h5-6,10-11H,2-4,7-9,16H2,1H3. The van der Waals surface area contributed by atoms with Gasteiger partial charge in [-0.1, -0.05) is 13.3 Å². The topological polar surface area (TPSA) is 29.3 Å². The SMILES string of the molecule is CCC1CCCN(c2ccc(I)cc2N)CC1. The third-order valence-electron chi connectivity index (χ3n) is 3.76. The number of benzene rings is 1. The second-order valence-corrected chi connectivity index (χ2v) is 6.14. The lowest BCUT2D eigenvalue weighted by atomic mass is 9.98. The van der Waals surface area contributed by atoms with Crippen molar-refractivity contribution in [3.63, 3.8) is 0 Å². The van der Waals surface area contributed by atoms with E-state index in [1.165, 1.54) is 34.9 Å². The first-order chi connectivity index (χ1) is 8.20. The molecular formula is C14H21IN2. The van der Waals surface area contributed by atoms with Gasteiger partial charge in [0.15, 0.2) is 0 Å². The Labute approximate surface area is 118 Å². The zero-order valence-electron chi connectivity index (χ0n) is 10.5. The molecule has 2 rings (SSSR count). The van der Waals surface area contributed by atoms with Gasteiger partial charge in [0, 0.05) is 16.7 Å². The van der Waals surface area contributed by atoms with Crippen LogP contribution in [0, 0.1) is 9.49 Å². The number of rotatable bonds is 2. The lowest BCUT2D eigenvalue weighted by Crippen LogP contribution is -2.25. The van der Waals surface area contributed by atoms with Gasteiger partial charge in [0.1, 0.15) is 0 Å². The van der Waals surface area contributed by atoms with Crippen LogP contribution in [0.25, 0.3) is 0 Å². The van der Waals surface area contributed by atoms with E-state index in [0.717, 1.165) is 24.7 Å². The Morgan fingerprint density at radius 3 is 2.88 bits per heavy atom. The van der Waals surface area contributed by atoms with Gasteiger partial charge in [0.25, 0.3) is 0 Å². The molecule has 1 aliphatic heterocycles. The van der Waals surface area contributed by atoms with Gasteiger partial charge in [-0.2, -0.15) is 0 Å². The highest BCUT2D eigenvalue weighted by molar-refractivity contribution is 14.1. The van der Waals surface area contributed by atoms with Crippen molar-refractivity contribution in [1.29, 1.82) is 0 Å². The lowest BCUT2D eigenvalue weighted by molar-refractivity contribution is 0.459. The molecule has 0 aromatic heterocycles. The number of hydrogen-bond acceptors (Lipinski definition) is 2. The maximum Gasteiger partial charge on any atom is 0.0600 e. The molecular weight excluding hydrogens is 323 g/mol. The number of hydrogen-bond donors (Lipinski definition) is 1. The highest BCUT2D eigenvalue weighted by Gasteiger charge is 2.17. The van der Waals surface area contributed by atoms with E-state index < -0.39 is 0 Å². The molecule has 1 saturated heterocycles. The summed E-state index contributed by atoms with van der Waals surface area (Å²) < 4.78 is 1.21. The van der Waals surface area contributed by atoms with Crippen LogP contribution in [0.15, 0.2) is 18.2 Å². The fourth-order valence-corrected chi connectivity index (χ4v) is 3.14. The van der Waals surface area contributed by atoms with Gasteiger partial charge in [-0.15, -0.1) is 0 Å². The second kappa shape index (κ2) is 5.94. The summed E-state index contributed by atoms with van der Waals surface area (Å²) in [7, 11) is 0. The maximum absolute atomic E-state index is 6.12. The Kier molecular flexibility index (Phi) is 4.54. The zero-order valence-corrected chi connectivity index (χ0v) is 12.6. The van der Waals surface area contributed by atoms with Crippen molar-refractivity contribution >= 4 is 34.0 Å². The minimum atomic E-state index is 0.907. The van der Waals surface area contributed by atoms with Gasteiger partial charge in [-0.05, 0) is 66.0 Å². The second-order valence-electron chi connectivity index (χ2n) is 4.90. The summed E-state index contributed by atoms with van der Waals surface area (Å²) in [6.07, 6.45) is 5.29. The van der Waals surface area contributed by atoms with E-state index in [1.807, 2.05) is 0 Å². The largest absolute Gasteiger partial charge is 0.397 e. The Morgan fingerprint density at radius 2 is 2.18 bits per heavy atom. The highest BCUT2D eigenvalue weighted by atomic mass is 127. The Hall–Kier alpha value is -0.450. The molecule has 2 nitrogen and oxygen atoms in total. The molecule has 2 N–H and O–H groups in total. The van der Waals surface area contributed by atoms with Gasteiger partial charge < -0.3 is 10.6 Å². The summed E-state index contributed by atoms with van der Waals surface area (Å²) in [5, 5.41) is 0. The summed E-state index contributed by atoms with van der Waals surface area (Å²) in [4.78, 5) is 2.46. The summed E-state index contributed by atoms with van der Waals surface area (Å²) in [6.45, 7) is 4.62. The molecule has 1 aliphatic rings. The molecule has 1 heterocycles. The van der Waals surface area contributed by atoms with Gasteiger partial charge in [0.2, 0.25) is 0 Å². The smallest absolute Gasteiger partial charge is 0.0600 e.